The van der Waals surface area contributed by atoms with Crippen LogP contribution in [-0.4, -0.2) is 28.1 Å². The summed E-state index contributed by atoms with van der Waals surface area (Å²) in [5.74, 6) is 0. The van der Waals surface area contributed by atoms with Crippen LogP contribution >= 0.6 is 0 Å². The molecule has 2 N–H and O–H groups in total. The van der Waals surface area contributed by atoms with Gasteiger partial charge in [-0.25, -0.2) is 16.8 Å². The molecular weight excluding hydrogens is 348 g/mol. The highest BCUT2D eigenvalue weighted by molar-refractivity contribution is 7.95. The maximum Gasteiger partial charge on any atom is 0.263 e. The highest BCUT2D eigenvalue weighted by Crippen LogP contribution is 2.25. The van der Waals surface area contributed by atoms with E-state index in [4.69, 9.17) is 0 Å². The van der Waals surface area contributed by atoms with Crippen molar-refractivity contribution in [1.29, 1.82) is 0 Å². The number of aryl methyl sites for hydroxylation is 1. The maximum atomic E-state index is 12.6. The average molecular weight is 364 g/mol. The molecule has 0 saturated carbocycles. The number of rotatable bonds is 4. The van der Waals surface area contributed by atoms with Crippen LogP contribution in [0.3, 0.4) is 0 Å². The van der Waals surface area contributed by atoms with Crippen LogP contribution in [0.4, 0.5) is 5.69 Å². The molecule has 0 amide bonds. The van der Waals surface area contributed by atoms with Crippen molar-refractivity contribution in [2.45, 2.75) is 16.7 Å². The third-order valence-corrected chi connectivity index (χ3v) is 6.27. The molecular formula is C16H16N2O4S2. The number of H-pyrrole nitrogens is 1. The minimum atomic E-state index is -4.03. The predicted octanol–water partition coefficient (Wildman–Crippen LogP) is 2.68. The smallest absolute Gasteiger partial charge is 0.263 e. The first-order valence-electron chi connectivity index (χ1n) is 7.08. The van der Waals surface area contributed by atoms with Crippen molar-refractivity contribution in [3.8, 4) is 0 Å². The van der Waals surface area contributed by atoms with Crippen molar-refractivity contribution < 1.29 is 16.8 Å². The van der Waals surface area contributed by atoms with Crippen molar-refractivity contribution in [2.24, 2.45) is 0 Å². The quantitative estimate of drug-likeness (QED) is 0.744. The lowest BCUT2D eigenvalue weighted by Gasteiger charge is -2.11. The summed E-state index contributed by atoms with van der Waals surface area (Å²) in [5.41, 5.74) is 2.23. The zero-order chi connectivity index (χ0) is 17.5. The van der Waals surface area contributed by atoms with Crippen molar-refractivity contribution in [1.82, 2.24) is 4.98 Å². The topological polar surface area (TPSA) is 96.1 Å². The van der Waals surface area contributed by atoms with E-state index in [1.54, 1.807) is 18.2 Å². The molecule has 0 atom stereocenters. The molecule has 3 aromatic rings. The standard InChI is InChI=1S/C16H16N2O4S2/c1-11-9-12-10-13(7-8-14(12)17-11)18-24(21,22)16-6-4-3-5-15(16)23(2,19)20/h3-10,17-18H,1-2H3. The molecule has 0 unspecified atom stereocenters. The molecule has 2 aromatic carbocycles. The SMILES string of the molecule is Cc1cc2cc(NS(=O)(=O)c3ccccc3S(C)(=O)=O)ccc2[nH]1. The lowest BCUT2D eigenvalue weighted by molar-refractivity contribution is 0.588. The van der Waals surface area contributed by atoms with Crippen LogP contribution in [0, 0.1) is 6.92 Å². The number of hydrogen-bond donors (Lipinski definition) is 2. The van der Waals surface area contributed by atoms with Gasteiger partial charge in [-0.15, -0.1) is 0 Å². The fourth-order valence-corrected chi connectivity index (χ4v) is 5.21. The summed E-state index contributed by atoms with van der Waals surface area (Å²) in [6.45, 7) is 1.91. The predicted molar refractivity (Wildman–Crippen MR) is 93.4 cm³/mol. The Morgan fingerprint density at radius 1 is 0.917 bits per heavy atom. The van der Waals surface area contributed by atoms with Gasteiger partial charge in [-0.2, -0.15) is 0 Å². The van der Waals surface area contributed by atoms with Gasteiger partial charge >= 0.3 is 0 Å². The van der Waals surface area contributed by atoms with Gasteiger partial charge in [0.25, 0.3) is 10.0 Å². The van der Waals surface area contributed by atoms with Gasteiger partial charge < -0.3 is 4.98 Å². The zero-order valence-corrected chi connectivity index (χ0v) is 14.7. The number of anilines is 1. The second-order valence-corrected chi connectivity index (χ2v) is 9.21. The molecule has 3 rings (SSSR count). The molecule has 0 saturated heterocycles. The molecule has 0 aliphatic rings. The van der Waals surface area contributed by atoms with Crippen LogP contribution in [-0.2, 0) is 19.9 Å². The highest BCUT2D eigenvalue weighted by Gasteiger charge is 2.23. The first-order chi connectivity index (χ1) is 11.2. The summed E-state index contributed by atoms with van der Waals surface area (Å²) in [6.07, 6.45) is 0.982. The Hall–Kier alpha value is -2.32. The van der Waals surface area contributed by atoms with Crippen LogP contribution < -0.4 is 4.72 Å². The molecule has 0 aliphatic carbocycles. The van der Waals surface area contributed by atoms with E-state index in [-0.39, 0.29) is 9.79 Å². The number of sulfonamides is 1. The van der Waals surface area contributed by atoms with Gasteiger partial charge in [-0.3, -0.25) is 4.72 Å². The summed E-state index contributed by atoms with van der Waals surface area (Å²) in [4.78, 5) is 2.66. The maximum absolute atomic E-state index is 12.6. The molecule has 8 heteroatoms. The number of sulfone groups is 1. The minimum absolute atomic E-state index is 0.226. The van der Waals surface area contributed by atoms with Gasteiger partial charge in [0.2, 0.25) is 0 Å². The first kappa shape index (κ1) is 16.5. The Morgan fingerprint density at radius 2 is 1.58 bits per heavy atom. The number of aromatic nitrogens is 1. The molecule has 0 bridgehead atoms. The van der Waals surface area contributed by atoms with Crippen LogP contribution in [0.5, 0.6) is 0 Å². The van der Waals surface area contributed by atoms with E-state index < -0.39 is 19.9 Å². The molecule has 0 radical (unpaired) electrons. The van der Waals surface area contributed by atoms with Gasteiger partial charge in [0.05, 0.1) is 4.90 Å². The van der Waals surface area contributed by atoms with Crippen molar-refractivity contribution in [2.75, 3.05) is 11.0 Å². The van der Waals surface area contributed by atoms with E-state index in [1.807, 2.05) is 13.0 Å². The summed E-state index contributed by atoms with van der Waals surface area (Å²) in [7, 11) is -7.69. The van der Waals surface area contributed by atoms with E-state index in [2.05, 4.69) is 9.71 Å². The third-order valence-electron chi connectivity index (χ3n) is 3.55. The lowest BCUT2D eigenvalue weighted by atomic mass is 10.2. The Kier molecular flexibility index (Phi) is 3.89. The Morgan fingerprint density at radius 3 is 2.25 bits per heavy atom. The van der Waals surface area contributed by atoms with Gasteiger partial charge in [0, 0.05) is 28.5 Å². The molecule has 1 heterocycles. The Labute approximate surface area is 140 Å². The number of nitrogens with one attached hydrogen (secondary N) is 2. The number of benzene rings is 2. The van der Waals surface area contributed by atoms with E-state index in [0.717, 1.165) is 22.9 Å². The van der Waals surface area contributed by atoms with Crippen molar-refractivity contribution in [3.05, 3.63) is 54.2 Å². The summed E-state index contributed by atoms with van der Waals surface area (Å²) in [6, 6.07) is 12.5. The fourth-order valence-electron chi connectivity index (χ4n) is 2.53. The Balaban J connectivity index is 2.05. The largest absolute Gasteiger partial charge is 0.359 e. The first-order valence-corrected chi connectivity index (χ1v) is 10.5. The number of hydrogen-bond acceptors (Lipinski definition) is 4. The molecule has 0 spiro atoms. The summed E-state index contributed by atoms with van der Waals surface area (Å²) in [5, 5.41) is 0.865. The van der Waals surface area contributed by atoms with Crippen molar-refractivity contribution >= 4 is 36.5 Å². The second-order valence-electron chi connectivity index (χ2n) is 5.58. The van der Waals surface area contributed by atoms with E-state index in [9.17, 15) is 16.8 Å². The normalized spacial score (nSPS) is 12.4. The molecule has 6 nitrogen and oxygen atoms in total. The van der Waals surface area contributed by atoms with Gasteiger partial charge in [-0.05, 0) is 43.3 Å². The molecule has 126 valence electrons. The molecule has 0 aliphatic heterocycles. The van der Waals surface area contributed by atoms with E-state index in [0.29, 0.717) is 5.69 Å². The summed E-state index contributed by atoms with van der Waals surface area (Å²) < 4.78 is 51.4. The lowest BCUT2D eigenvalue weighted by Crippen LogP contribution is -2.16. The fraction of sp³-hybridized carbons (Fsp3) is 0.125. The van der Waals surface area contributed by atoms with Crippen LogP contribution in [0.1, 0.15) is 5.69 Å². The van der Waals surface area contributed by atoms with E-state index >= 15 is 0 Å². The number of fused-ring (bicyclic) bond motifs is 1. The Bertz CT molecular complexity index is 1130. The monoisotopic (exact) mass is 364 g/mol. The van der Waals surface area contributed by atoms with Gasteiger partial charge in [0.1, 0.15) is 4.90 Å². The summed E-state index contributed by atoms with van der Waals surface area (Å²) >= 11 is 0. The molecule has 1 aromatic heterocycles. The minimum Gasteiger partial charge on any atom is -0.359 e. The molecule has 24 heavy (non-hydrogen) atoms. The van der Waals surface area contributed by atoms with Crippen LogP contribution in [0.15, 0.2) is 58.3 Å². The van der Waals surface area contributed by atoms with Gasteiger partial charge in [0.15, 0.2) is 9.84 Å². The van der Waals surface area contributed by atoms with Gasteiger partial charge in [-0.1, -0.05) is 12.1 Å². The zero-order valence-electron chi connectivity index (χ0n) is 13.1. The third kappa shape index (κ3) is 3.15. The number of aromatic amines is 1. The highest BCUT2D eigenvalue weighted by atomic mass is 32.2. The van der Waals surface area contributed by atoms with E-state index in [1.165, 1.54) is 24.3 Å². The second kappa shape index (κ2) is 5.64. The van der Waals surface area contributed by atoms with Crippen molar-refractivity contribution in [3.63, 3.8) is 0 Å². The average Bonchev–Trinajstić information content (AvgIpc) is 2.85. The molecule has 0 fully saturated rings. The van der Waals surface area contributed by atoms with Crippen LogP contribution in [0.2, 0.25) is 0 Å². The van der Waals surface area contributed by atoms with Crippen LogP contribution in [0.25, 0.3) is 10.9 Å².